The summed E-state index contributed by atoms with van der Waals surface area (Å²) >= 11 is 7.32. The quantitative estimate of drug-likeness (QED) is 0.792. The molecule has 4 nitrogen and oxygen atoms in total. The summed E-state index contributed by atoms with van der Waals surface area (Å²) in [6.45, 7) is 0.213. The third-order valence-electron chi connectivity index (χ3n) is 3.13. The van der Waals surface area contributed by atoms with E-state index in [1.807, 2.05) is 18.2 Å². The monoisotopic (exact) mass is 299 g/mol. The molecule has 0 spiro atoms. The van der Waals surface area contributed by atoms with Crippen LogP contribution >= 0.6 is 23.4 Å². The van der Waals surface area contributed by atoms with Crippen LogP contribution in [0.3, 0.4) is 0 Å². The van der Waals surface area contributed by atoms with Crippen molar-refractivity contribution in [1.82, 2.24) is 5.32 Å². The van der Waals surface area contributed by atoms with E-state index in [0.29, 0.717) is 17.9 Å². The Labute approximate surface area is 120 Å². The summed E-state index contributed by atoms with van der Waals surface area (Å²) in [6, 6.07) is 7.30. The van der Waals surface area contributed by atoms with Crippen LogP contribution in [0.5, 0.6) is 0 Å². The first kappa shape index (κ1) is 14.2. The Hall–Kier alpha value is -1.20. The molecule has 1 aromatic carbocycles. The Bertz CT molecular complexity index is 502. The third kappa shape index (κ3) is 3.64. The van der Waals surface area contributed by atoms with E-state index in [4.69, 9.17) is 16.7 Å². The van der Waals surface area contributed by atoms with Gasteiger partial charge in [-0.05, 0) is 25.0 Å². The van der Waals surface area contributed by atoms with Crippen LogP contribution in [0.15, 0.2) is 29.2 Å². The van der Waals surface area contributed by atoms with Crippen LogP contribution in [-0.4, -0.2) is 29.3 Å². The highest BCUT2D eigenvalue weighted by molar-refractivity contribution is 8.00. The maximum absolute atomic E-state index is 11.7. The summed E-state index contributed by atoms with van der Waals surface area (Å²) in [5, 5.41) is 12.3. The SMILES string of the molecule is O=C(CSc1ccccc1Cl)NCC1(C(=O)O)CC1. The van der Waals surface area contributed by atoms with Crippen molar-refractivity contribution in [3.05, 3.63) is 29.3 Å². The lowest BCUT2D eigenvalue weighted by atomic mass is 10.1. The third-order valence-corrected chi connectivity index (χ3v) is 4.64. The fraction of sp³-hybridized carbons (Fsp3) is 0.385. The van der Waals surface area contributed by atoms with Gasteiger partial charge in [0.2, 0.25) is 5.91 Å². The minimum atomic E-state index is -0.827. The zero-order valence-corrected chi connectivity index (χ0v) is 11.8. The number of carboxylic acid groups (broad SMARTS) is 1. The second-order valence-corrected chi connectivity index (χ2v) is 6.01. The Kier molecular flexibility index (Phi) is 4.37. The van der Waals surface area contributed by atoms with E-state index in [-0.39, 0.29) is 18.2 Å². The van der Waals surface area contributed by atoms with E-state index < -0.39 is 11.4 Å². The number of hydrogen-bond acceptors (Lipinski definition) is 3. The second kappa shape index (κ2) is 5.84. The Morgan fingerprint density at radius 3 is 2.63 bits per heavy atom. The molecule has 1 aliphatic carbocycles. The molecule has 0 radical (unpaired) electrons. The molecule has 102 valence electrons. The fourth-order valence-corrected chi connectivity index (χ4v) is 2.71. The van der Waals surface area contributed by atoms with Crippen LogP contribution in [-0.2, 0) is 9.59 Å². The number of thioether (sulfide) groups is 1. The summed E-state index contributed by atoms with van der Waals surface area (Å²) in [6.07, 6.45) is 1.28. The smallest absolute Gasteiger partial charge is 0.311 e. The van der Waals surface area contributed by atoms with Crippen LogP contribution < -0.4 is 5.32 Å². The lowest BCUT2D eigenvalue weighted by Gasteiger charge is -2.11. The van der Waals surface area contributed by atoms with E-state index >= 15 is 0 Å². The normalized spacial score (nSPS) is 15.8. The Balaban J connectivity index is 1.77. The maximum Gasteiger partial charge on any atom is 0.311 e. The average molecular weight is 300 g/mol. The number of halogens is 1. The van der Waals surface area contributed by atoms with Gasteiger partial charge in [-0.25, -0.2) is 0 Å². The van der Waals surface area contributed by atoms with Gasteiger partial charge in [-0.3, -0.25) is 9.59 Å². The van der Waals surface area contributed by atoms with E-state index in [0.717, 1.165) is 4.90 Å². The van der Waals surface area contributed by atoms with Gasteiger partial charge in [0, 0.05) is 11.4 Å². The number of amides is 1. The van der Waals surface area contributed by atoms with Gasteiger partial charge in [0.25, 0.3) is 0 Å². The maximum atomic E-state index is 11.7. The largest absolute Gasteiger partial charge is 0.481 e. The zero-order chi connectivity index (χ0) is 13.9. The first-order chi connectivity index (χ1) is 9.03. The number of aliphatic carboxylic acids is 1. The van der Waals surface area contributed by atoms with Crippen molar-refractivity contribution < 1.29 is 14.7 Å². The van der Waals surface area contributed by atoms with Crippen LogP contribution in [0, 0.1) is 5.41 Å². The molecular formula is C13H14ClNO3S. The molecule has 2 rings (SSSR count). The number of carboxylic acids is 1. The molecule has 6 heteroatoms. The lowest BCUT2D eigenvalue weighted by molar-refractivity contribution is -0.143. The van der Waals surface area contributed by atoms with E-state index in [1.54, 1.807) is 6.07 Å². The highest BCUT2D eigenvalue weighted by atomic mass is 35.5. The van der Waals surface area contributed by atoms with Crippen molar-refractivity contribution in [2.75, 3.05) is 12.3 Å². The van der Waals surface area contributed by atoms with Crippen LogP contribution in [0.2, 0.25) is 5.02 Å². The first-order valence-corrected chi connectivity index (χ1v) is 7.27. The number of carbonyl (C=O) groups excluding carboxylic acids is 1. The molecule has 0 unspecified atom stereocenters. The summed E-state index contributed by atoms with van der Waals surface area (Å²) in [5.74, 6) is -0.761. The van der Waals surface area contributed by atoms with Gasteiger partial charge < -0.3 is 10.4 Å². The second-order valence-electron chi connectivity index (χ2n) is 4.58. The van der Waals surface area contributed by atoms with Crippen molar-refractivity contribution in [2.45, 2.75) is 17.7 Å². The molecular weight excluding hydrogens is 286 g/mol. The predicted molar refractivity (Wildman–Crippen MR) is 74.5 cm³/mol. The summed E-state index contributed by atoms with van der Waals surface area (Å²) < 4.78 is 0. The summed E-state index contributed by atoms with van der Waals surface area (Å²) in [4.78, 5) is 23.4. The van der Waals surface area contributed by atoms with Gasteiger partial charge in [0.15, 0.2) is 0 Å². The molecule has 0 heterocycles. The molecule has 1 aromatic rings. The minimum absolute atomic E-state index is 0.169. The number of rotatable bonds is 6. The lowest BCUT2D eigenvalue weighted by Crippen LogP contribution is -2.35. The van der Waals surface area contributed by atoms with Gasteiger partial charge in [-0.1, -0.05) is 23.7 Å². The van der Waals surface area contributed by atoms with Crippen molar-refractivity contribution in [3.8, 4) is 0 Å². The molecule has 0 bridgehead atoms. The average Bonchev–Trinajstić information content (AvgIpc) is 3.16. The van der Waals surface area contributed by atoms with Gasteiger partial charge in [-0.2, -0.15) is 0 Å². The van der Waals surface area contributed by atoms with Crippen molar-refractivity contribution >= 4 is 35.2 Å². The number of carbonyl (C=O) groups is 2. The van der Waals surface area contributed by atoms with Gasteiger partial charge in [0.1, 0.15) is 0 Å². The van der Waals surface area contributed by atoms with Crippen LogP contribution in [0.1, 0.15) is 12.8 Å². The topological polar surface area (TPSA) is 66.4 Å². The Morgan fingerprint density at radius 1 is 1.37 bits per heavy atom. The van der Waals surface area contributed by atoms with Crippen molar-refractivity contribution in [2.24, 2.45) is 5.41 Å². The van der Waals surface area contributed by atoms with E-state index in [2.05, 4.69) is 5.32 Å². The van der Waals surface area contributed by atoms with E-state index in [9.17, 15) is 9.59 Å². The number of nitrogens with one attached hydrogen (secondary N) is 1. The molecule has 1 aliphatic rings. The summed E-state index contributed by atoms with van der Waals surface area (Å²) in [7, 11) is 0. The molecule has 1 saturated carbocycles. The summed E-state index contributed by atoms with van der Waals surface area (Å²) in [5.41, 5.74) is -0.718. The minimum Gasteiger partial charge on any atom is -0.481 e. The van der Waals surface area contributed by atoms with Crippen LogP contribution in [0.4, 0.5) is 0 Å². The Morgan fingerprint density at radius 2 is 2.05 bits per heavy atom. The molecule has 0 aromatic heterocycles. The van der Waals surface area contributed by atoms with Crippen LogP contribution in [0.25, 0.3) is 0 Å². The van der Waals surface area contributed by atoms with Gasteiger partial charge in [0.05, 0.1) is 16.2 Å². The molecule has 1 fully saturated rings. The molecule has 0 saturated heterocycles. The standard InChI is InChI=1S/C13H14ClNO3S/c14-9-3-1-2-4-10(9)19-7-11(16)15-8-13(5-6-13)12(17)18/h1-4H,5-8H2,(H,15,16)(H,17,18). The highest BCUT2D eigenvalue weighted by Crippen LogP contribution is 2.45. The fourth-order valence-electron chi connectivity index (χ4n) is 1.64. The first-order valence-electron chi connectivity index (χ1n) is 5.91. The number of hydrogen-bond donors (Lipinski definition) is 2. The number of benzene rings is 1. The molecule has 0 aliphatic heterocycles. The van der Waals surface area contributed by atoms with Gasteiger partial charge in [-0.15, -0.1) is 11.8 Å². The predicted octanol–water partition coefficient (Wildman–Crippen LogP) is 2.41. The van der Waals surface area contributed by atoms with E-state index in [1.165, 1.54) is 11.8 Å². The van der Waals surface area contributed by atoms with Gasteiger partial charge >= 0.3 is 5.97 Å². The highest BCUT2D eigenvalue weighted by Gasteiger charge is 2.50. The molecule has 1 amide bonds. The molecule has 19 heavy (non-hydrogen) atoms. The molecule has 0 atom stereocenters. The van der Waals surface area contributed by atoms with Crippen molar-refractivity contribution in [1.29, 1.82) is 0 Å². The zero-order valence-electron chi connectivity index (χ0n) is 10.2. The van der Waals surface area contributed by atoms with Crippen molar-refractivity contribution in [3.63, 3.8) is 0 Å². The molecule has 2 N–H and O–H groups in total.